The van der Waals surface area contributed by atoms with E-state index >= 15 is 0 Å². The average Bonchev–Trinajstić information content (AvgIpc) is 2.84. The molecule has 3 rings (SSSR count). The lowest BCUT2D eigenvalue weighted by Gasteiger charge is -2.24. The topological polar surface area (TPSA) is 131 Å². The van der Waals surface area contributed by atoms with Crippen LogP contribution < -0.4 is 14.5 Å². The minimum atomic E-state index is -4.11. The van der Waals surface area contributed by atoms with Crippen LogP contribution in [-0.4, -0.2) is 38.6 Å². The van der Waals surface area contributed by atoms with Crippen molar-refractivity contribution in [3.63, 3.8) is 0 Å². The predicted molar refractivity (Wildman–Crippen MR) is 132 cm³/mol. The Balaban J connectivity index is 1.84. The number of hydrogen-bond acceptors (Lipinski definition) is 7. The third-order valence-electron chi connectivity index (χ3n) is 4.86. The van der Waals surface area contributed by atoms with Crippen LogP contribution in [0, 0.1) is 17.0 Å². The molecule has 0 spiro atoms. The molecule has 11 heteroatoms. The van der Waals surface area contributed by atoms with Gasteiger partial charge in [0.25, 0.3) is 21.6 Å². The summed E-state index contributed by atoms with van der Waals surface area (Å²) in [6.45, 7) is 3.56. The average molecular weight is 497 g/mol. The Kier molecular flexibility index (Phi) is 8.16. The summed E-state index contributed by atoms with van der Waals surface area (Å²) in [4.78, 5) is 23.2. The molecular weight excluding hydrogens is 472 g/mol. The number of nitro groups is 1. The molecule has 1 N–H and O–H groups in total. The van der Waals surface area contributed by atoms with E-state index in [9.17, 15) is 23.3 Å². The van der Waals surface area contributed by atoms with Crippen LogP contribution in [-0.2, 0) is 14.8 Å². The molecule has 0 unspecified atom stereocenters. The van der Waals surface area contributed by atoms with Crippen molar-refractivity contribution >= 4 is 33.5 Å². The van der Waals surface area contributed by atoms with Crippen molar-refractivity contribution < 1.29 is 22.9 Å². The van der Waals surface area contributed by atoms with Gasteiger partial charge in [0.15, 0.2) is 0 Å². The van der Waals surface area contributed by atoms with Crippen LogP contribution in [0.25, 0.3) is 0 Å². The van der Waals surface area contributed by atoms with Gasteiger partial charge in [-0.15, -0.1) is 0 Å². The second kappa shape index (κ2) is 11.3. The van der Waals surface area contributed by atoms with E-state index in [-0.39, 0.29) is 16.1 Å². The van der Waals surface area contributed by atoms with Gasteiger partial charge in [0.05, 0.1) is 33.9 Å². The Morgan fingerprint density at radius 3 is 2.37 bits per heavy atom. The number of ether oxygens (including phenoxy) is 1. The number of amides is 1. The molecule has 10 nitrogen and oxygen atoms in total. The van der Waals surface area contributed by atoms with Crippen molar-refractivity contribution in [1.82, 2.24) is 5.43 Å². The van der Waals surface area contributed by atoms with Crippen molar-refractivity contribution in [2.75, 3.05) is 17.5 Å². The number of nitrogens with one attached hydrogen (secondary N) is 1. The van der Waals surface area contributed by atoms with Crippen molar-refractivity contribution in [1.29, 1.82) is 0 Å². The first-order chi connectivity index (χ1) is 16.7. The first-order valence-corrected chi connectivity index (χ1v) is 12.0. The number of carbonyl (C=O) groups excluding carboxylic acids is 1. The van der Waals surface area contributed by atoms with Gasteiger partial charge in [0, 0.05) is 6.07 Å². The van der Waals surface area contributed by atoms with Gasteiger partial charge in [0.1, 0.15) is 12.3 Å². The number of sulfonamides is 1. The van der Waals surface area contributed by atoms with Gasteiger partial charge in [0.2, 0.25) is 0 Å². The molecule has 0 radical (unpaired) electrons. The van der Waals surface area contributed by atoms with E-state index in [2.05, 4.69) is 10.5 Å². The number of nitro benzene ring substituents is 1. The van der Waals surface area contributed by atoms with E-state index < -0.39 is 27.4 Å². The van der Waals surface area contributed by atoms with E-state index in [1.54, 1.807) is 42.5 Å². The first kappa shape index (κ1) is 25.4. The number of nitrogens with zero attached hydrogens (tertiary/aromatic N) is 3. The molecule has 0 aliphatic rings. The van der Waals surface area contributed by atoms with Crippen molar-refractivity contribution in [3.05, 3.63) is 94.0 Å². The summed E-state index contributed by atoms with van der Waals surface area (Å²) in [5.74, 6) is -0.203. The Morgan fingerprint density at radius 2 is 1.74 bits per heavy atom. The number of para-hydroxylation sites is 1. The zero-order chi connectivity index (χ0) is 25.4. The first-order valence-electron chi connectivity index (χ1n) is 10.6. The lowest BCUT2D eigenvalue weighted by Crippen LogP contribution is -2.39. The lowest BCUT2D eigenvalue weighted by molar-refractivity contribution is -0.385. The standard InChI is InChI=1S/C24H24N4O6S/c1-3-34-21-12-14-22(15-13-21)35(32,33)27(20-10-8-18(2)9-11-20)17-24(29)26-25-16-19-6-4-5-7-23(19)28(30)31/h4-16H,3,17H2,1-2H3,(H,26,29)/b25-16+. The van der Waals surface area contributed by atoms with E-state index in [4.69, 9.17) is 4.74 Å². The molecule has 35 heavy (non-hydrogen) atoms. The highest BCUT2D eigenvalue weighted by Crippen LogP contribution is 2.25. The van der Waals surface area contributed by atoms with Gasteiger partial charge >= 0.3 is 0 Å². The fourth-order valence-corrected chi connectivity index (χ4v) is 4.55. The molecule has 182 valence electrons. The Bertz CT molecular complexity index is 1320. The highest BCUT2D eigenvalue weighted by Gasteiger charge is 2.27. The van der Waals surface area contributed by atoms with Crippen molar-refractivity contribution in [3.8, 4) is 5.75 Å². The van der Waals surface area contributed by atoms with Crippen LogP contribution in [0.3, 0.4) is 0 Å². The van der Waals surface area contributed by atoms with Gasteiger partial charge in [-0.1, -0.05) is 29.8 Å². The SMILES string of the molecule is CCOc1ccc(S(=O)(=O)N(CC(=O)N/N=C/c2ccccc2[N+](=O)[O-])c2ccc(C)cc2)cc1. The van der Waals surface area contributed by atoms with Crippen LogP contribution in [0.5, 0.6) is 5.75 Å². The molecule has 0 heterocycles. The molecule has 0 aromatic heterocycles. The second-order valence-corrected chi connectivity index (χ2v) is 9.22. The summed E-state index contributed by atoms with van der Waals surface area (Å²) in [6.07, 6.45) is 1.13. The number of benzene rings is 3. The van der Waals surface area contributed by atoms with E-state index in [1.165, 1.54) is 30.3 Å². The summed E-state index contributed by atoms with van der Waals surface area (Å²) >= 11 is 0. The largest absolute Gasteiger partial charge is 0.494 e. The summed E-state index contributed by atoms with van der Waals surface area (Å²) in [7, 11) is -4.11. The molecule has 0 saturated heterocycles. The number of rotatable bonds is 10. The summed E-state index contributed by atoms with van der Waals surface area (Å²) < 4.78 is 33.2. The number of anilines is 1. The van der Waals surface area contributed by atoms with Crippen LogP contribution in [0.15, 0.2) is 82.8 Å². The lowest BCUT2D eigenvalue weighted by atomic mass is 10.2. The quantitative estimate of drug-likeness (QED) is 0.259. The number of hydrogen-bond donors (Lipinski definition) is 1. The van der Waals surface area contributed by atoms with Crippen molar-refractivity contribution in [2.45, 2.75) is 18.7 Å². The molecule has 0 atom stereocenters. The molecule has 0 saturated carbocycles. The third kappa shape index (κ3) is 6.42. The van der Waals surface area contributed by atoms with Gasteiger partial charge < -0.3 is 4.74 Å². The highest BCUT2D eigenvalue weighted by atomic mass is 32.2. The van der Waals surface area contributed by atoms with Gasteiger partial charge in [-0.2, -0.15) is 5.10 Å². The van der Waals surface area contributed by atoms with Crippen molar-refractivity contribution in [2.24, 2.45) is 5.10 Å². The van der Waals surface area contributed by atoms with Crippen LogP contribution >= 0.6 is 0 Å². The fraction of sp³-hybridized carbons (Fsp3) is 0.167. The molecular formula is C24H24N4O6S. The zero-order valence-electron chi connectivity index (χ0n) is 19.1. The molecule has 0 fully saturated rings. The normalized spacial score (nSPS) is 11.3. The third-order valence-corrected chi connectivity index (χ3v) is 6.65. The van der Waals surface area contributed by atoms with Crippen LogP contribution in [0.4, 0.5) is 11.4 Å². The monoisotopic (exact) mass is 496 g/mol. The molecule has 0 aliphatic carbocycles. The smallest absolute Gasteiger partial charge is 0.278 e. The maximum atomic E-state index is 13.4. The van der Waals surface area contributed by atoms with Gasteiger partial charge in [-0.05, 0) is 56.3 Å². The summed E-state index contributed by atoms with van der Waals surface area (Å²) in [5.41, 5.74) is 3.47. The molecule has 0 bridgehead atoms. The molecule has 1 amide bonds. The number of carbonyl (C=O) groups is 1. The Hall–Kier alpha value is -4.25. The number of aryl methyl sites for hydroxylation is 1. The maximum Gasteiger partial charge on any atom is 0.278 e. The molecule has 3 aromatic carbocycles. The van der Waals surface area contributed by atoms with E-state index in [0.717, 1.165) is 16.1 Å². The minimum Gasteiger partial charge on any atom is -0.494 e. The number of hydrazone groups is 1. The van der Waals surface area contributed by atoms with Crippen LogP contribution in [0.1, 0.15) is 18.1 Å². The highest BCUT2D eigenvalue weighted by molar-refractivity contribution is 7.92. The van der Waals surface area contributed by atoms with Crippen LogP contribution in [0.2, 0.25) is 0 Å². The van der Waals surface area contributed by atoms with E-state index in [1.807, 2.05) is 13.8 Å². The van der Waals surface area contributed by atoms with Gasteiger partial charge in [-0.25, -0.2) is 13.8 Å². The minimum absolute atomic E-state index is 0.0160. The summed E-state index contributed by atoms with van der Waals surface area (Å²) in [6, 6.07) is 18.5. The Labute approximate surface area is 203 Å². The molecule has 0 aliphatic heterocycles. The second-order valence-electron chi connectivity index (χ2n) is 7.36. The Morgan fingerprint density at radius 1 is 1.09 bits per heavy atom. The summed E-state index contributed by atoms with van der Waals surface area (Å²) in [5, 5.41) is 14.9. The van der Waals surface area contributed by atoms with E-state index in [0.29, 0.717) is 18.0 Å². The zero-order valence-corrected chi connectivity index (χ0v) is 19.9. The molecule has 3 aromatic rings. The van der Waals surface area contributed by atoms with Gasteiger partial charge in [-0.3, -0.25) is 19.2 Å². The fourth-order valence-electron chi connectivity index (χ4n) is 3.13. The predicted octanol–water partition coefficient (Wildman–Crippen LogP) is 3.65. The maximum absolute atomic E-state index is 13.4.